The Bertz CT molecular complexity index is 662. The summed E-state index contributed by atoms with van der Waals surface area (Å²) in [6.07, 6.45) is 1.74. The Hall–Kier alpha value is -1.29. The lowest BCUT2D eigenvalue weighted by atomic mass is 10.2. The van der Waals surface area contributed by atoms with Crippen molar-refractivity contribution in [3.05, 3.63) is 47.7 Å². The Balaban J connectivity index is 2.33. The van der Waals surface area contributed by atoms with Crippen LogP contribution in [0, 0.1) is 26.4 Å². The smallest absolute Gasteiger partial charge is 0.293 e. The van der Waals surface area contributed by atoms with Gasteiger partial charge in [-0.2, -0.15) is 0 Å². The molecule has 1 N–H and O–H groups in total. The van der Waals surface area contributed by atoms with Crippen LogP contribution in [0.3, 0.4) is 0 Å². The van der Waals surface area contributed by atoms with Gasteiger partial charge in [0.2, 0.25) is 0 Å². The number of aryl methyl sites for hydroxylation is 1. The average Bonchev–Trinajstić information content (AvgIpc) is 2.80. The van der Waals surface area contributed by atoms with Crippen molar-refractivity contribution in [2.45, 2.75) is 19.9 Å². The molecule has 5 nitrogen and oxygen atoms in total. The molecule has 0 aliphatic heterocycles. The summed E-state index contributed by atoms with van der Waals surface area (Å²) < 4.78 is 13.8. The van der Waals surface area contributed by atoms with Crippen LogP contribution in [0.4, 0.5) is 15.8 Å². The van der Waals surface area contributed by atoms with Gasteiger partial charge in [-0.25, -0.2) is 9.37 Å². The van der Waals surface area contributed by atoms with Gasteiger partial charge in [0.15, 0.2) is 0 Å². The molecule has 1 atom stereocenters. The van der Waals surface area contributed by atoms with Crippen LogP contribution < -0.4 is 5.32 Å². The predicted octanol–water partition coefficient (Wildman–Crippen LogP) is 4.28. The number of anilines is 1. The number of nitro groups is 1. The number of benzene rings is 1. The van der Waals surface area contributed by atoms with Crippen LogP contribution >= 0.6 is 33.9 Å². The van der Waals surface area contributed by atoms with Crippen LogP contribution in [-0.4, -0.2) is 9.91 Å². The summed E-state index contributed by atoms with van der Waals surface area (Å²) in [4.78, 5) is 15.8. The molecule has 20 heavy (non-hydrogen) atoms. The van der Waals surface area contributed by atoms with Gasteiger partial charge in [0.1, 0.15) is 16.5 Å². The van der Waals surface area contributed by atoms with E-state index in [4.69, 9.17) is 0 Å². The third-order valence-corrected chi connectivity index (χ3v) is 4.54. The van der Waals surface area contributed by atoms with Crippen molar-refractivity contribution in [2.75, 3.05) is 5.32 Å². The number of nitro benzene ring substituents is 1. The summed E-state index contributed by atoms with van der Waals surface area (Å²) in [6, 6.07) is 2.14. The zero-order valence-electron chi connectivity index (χ0n) is 10.7. The molecule has 0 saturated carbocycles. The van der Waals surface area contributed by atoms with Crippen molar-refractivity contribution >= 4 is 45.3 Å². The zero-order chi connectivity index (χ0) is 14.9. The summed E-state index contributed by atoms with van der Waals surface area (Å²) >= 11 is 3.23. The van der Waals surface area contributed by atoms with Crippen molar-refractivity contribution in [3.8, 4) is 0 Å². The minimum atomic E-state index is -0.524. The molecule has 1 aromatic carbocycles. The van der Waals surface area contributed by atoms with Crippen LogP contribution in [0.5, 0.6) is 0 Å². The van der Waals surface area contributed by atoms with Crippen LogP contribution in [0.15, 0.2) is 18.3 Å². The molecule has 0 radical (unpaired) electrons. The van der Waals surface area contributed by atoms with Gasteiger partial charge in [-0.1, -0.05) is 0 Å². The lowest BCUT2D eigenvalue weighted by Gasteiger charge is -2.13. The highest BCUT2D eigenvalue weighted by Gasteiger charge is 2.20. The molecular weight excluding hydrogens is 396 g/mol. The summed E-state index contributed by atoms with van der Waals surface area (Å²) in [6.45, 7) is 3.76. The van der Waals surface area contributed by atoms with Gasteiger partial charge in [0, 0.05) is 23.2 Å². The number of nitrogens with one attached hydrogen (secondary N) is 1. The van der Waals surface area contributed by atoms with E-state index in [2.05, 4.69) is 10.3 Å². The fourth-order valence-electron chi connectivity index (χ4n) is 1.67. The lowest BCUT2D eigenvalue weighted by molar-refractivity contribution is -0.384. The second-order valence-corrected chi connectivity index (χ2v) is 6.64. The van der Waals surface area contributed by atoms with Crippen LogP contribution in [-0.2, 0) is 0 Å². The van der Waals surface area contributed by atoms with E-state index in [0.29, 0.717) is 0 Å². The van der Waals surface area contributed by atoms with E-state index in [-0.39, 0.29) is 21.0 Å². The Morgan fingerprint density at radius 3 is 2.80 bits per heavy atom. The maximum Gasteiger partial charge on any atom is 0.293 e. The van der Waals surface area contributed by atoms with Gasteiger partial charge in [-0.15, -0.1) is 11.3 Å². The quantitative estimate of drug-likeness (QED) is 0.467. The van der Waals surface area contributed by atoms with Crippen molar-refractivity contribution in [1.29, 1.82) is 0 Å². The Morgan fingerprint density at radius 2 is 2.25 bits per heavy atom. The first-order valence-corrected chi connectivity index (χ1v) is 7.60. The second-order valence-electron chi connectivity index (χ2n) is 4.22. The molecule has 0 fully saturated rings. The van der Waals surface area contributed by atoms with E-state index in [1.54, 1.807) is 28.8 Å². The van der Waals surface area contributed by atoms with Crippen molar-refractivity contribution in [1.82, 2.24) is 4.98 Å². The molecule has 0 amide bonds. The van der Waals surface area contributed by atoms with E-state index in [0.717, 1.165) is 16.0 Å². The minimum Gasteiger partial charge on any atom is -0.370 e. The molecule has 0 saturated heterocycles. The van der Waals surface area contributed by atoms with Gasteiger partial charge in [0.05, 0.1) is 14.5 Å². The maximum absolute atomic E-state index is 13.6. The number of hydrogen-bond acceptors (Lipinski definition) is 5. The van der Waals surface area contributed by atoms with Gasteiger partial charge in [0.25, 0.3) is 5.69 Å². The van der Waals surface area contributed by atoms with Crippen LogP contribution in [0.2, 0.25) is 0 Å². The molecule has 2 aromatic rings. The lowest BCUT2D eigenvalue weighted by Crippen LogP contribution is -2.08. The Morgan fingerprint density at radius 1 is 1.55 bits per heavy atom. The highest BCUT2D eigenvalue weighted by molar-refractivity contribution is 14.1. The molecule has 1 heterocycles. The predicted molar refractivity (Wildman–Crippen MR) is 84.7 cm³/mol. The van der Waals surface area contributed by atoms with Gasteiger partial charge in [-0.3, -0.25) is 10.1 Å². The average molecular weight is 407 g/mol. The summed E-state index contributed by atoms with van der Waals surface area (Å²) in [7, 11) is 0. The number of aromatic nitrogens is 1. The summed E-state index contributed by atoms with van der Waals surface area (Å²) in [5, 5.41) is 14.8. The maximum atomic E-state index is 13.6. The van der Waals surface area contributed by atoms with Gasteiger partial charge < -0.3 is 5.32 Å². The minimum absolute atomic E-state index is 0.143. The number of nitrogens with zero attached hydrogens (tertiary/aromatic N) is 2. The number of thiazole rings is 1. The molecule has 0 bridgehead atoms. The fraction of sp³-hybridized carbons (Fsp3) is 0.250. The zero-order valence-corrected chi connectivity index (χ0v) is 13.7. The largest absolute Gasteiger partial charge is 0.370 e. The Labute approximate surface area is 132 Å². The van der Waals surface area contributed by atoms with Crippen LogP contribution in [0.1, 0.15) is 22.9 Å². The van der Waals surface area contributed by atoms with E-state index in [1.807, 2.05) is 13.8 Å². The first-order valence-electron chi connectivity index (χ1n) is 5.70. The number of hydrogen-bond donors (Lipinski definition) is 1. The second kappa shape index (κ2) is 6.00. The van der Waals surface area contributed by atoms with Crippen molar-refractivity contribution in [3.63, 3.8) is 0 Å². The molecule has 106 valence electrons. The molecule has 0 spiro atoms. The van der Waals surface area contributed by atoms with Crippen molar-refractivity contribution in [2.24, 2.45) is 0 Å². The van der Waals surface area contributed by atoms with Crippen molar-refractivity contribution < 1.29 is 9.31 Å². The molecule has 0 aliphatic carbocycles. The van der Waals surface area contributed by atoms with E-state index >= 15 is 0 Å². The molecule has 1 aromatic heterocycles. The third-order valence-electron chi connectivity index (χ3n) is 2.62. The number of rotatable bonds is 4. The molecule has 1 unspecified atom stereocenters. The number of halogens is 2. The Kier molecular flexibility index (Phi) is 4.53. The molecule has 2 rings (SSSR count). The highest BCUT2D eigenvalue weighted by Crippen LogP contribution is 2.32. The summed E-state index contributed by atoms with van der Waals surface area (Å²) in [5.74, 6) is -0.485. The van der Waals surface area contributed by atoms with Gasteiger partial charge >= 0.3 is 0 Å². The molecule has 8 heteroatoms. The van der Waals surface area contributed by atoms with Crippen LogP contribution in [0.25, 0.3) is 0 Å². The van der Waals surface area contributed by atoms with Gasteiger partial charge in [-0.05, 0) is 36.4 Å². The third kappa shape index (κ3) is 3.23. The highest BCUT2D eigenvalue weighted by atomic mass is 127. The first-order chi connectivity index (χ1) is 9.38. The summed E-state index contributed by atoms with van der Waals surface area (Å²) in [5.41, 5.74) is 0.0178. The van der Waals surface area contributed by atoms with E-state index in [9.17, 15) is 14.5 Å². The first kappa shape index (κ1) is 15.1. The SMILES string of the molecule is Cc1cnc(C(C)Nc2cc(F)c(I)cc2[N+](=O)[O-])s1. The standard InChI is InChI=1S/C12H11FIN3O2S/c1-6-5-15-12(20-6)7(2)16-10-3-8(13)9(14)4-11(10)17(18)19/h3-5,7,16H,1-2H3. The van der Waals surface area contributed by atoms with E-state index < -0.39 is 10.7 Å². The topological polar surface area (TPSA) is 68.1 Å². The van der Waals surface area contributed by atoms with E-state index in [1.165, 1.54) is 17.4 Å². The fourth-order valence-corrected chi connectivity index (χ4v) is 2.90. The molecular formula is C12H11FIN3O2S. The normalized spacial score (nSPS) is 12.2. The monoisotopic (exact) mass is 407 g/mol. The molecule has 0 aliphatic rings.